The number of nitrogens with two attached hydrogens (primary N) is 1. The smallest absolute Gasteiger partial charge is 0.268 e. The minimum Gasteiger partial charge on any atom is -0.474 e. The van der Waals surface area contributed by atoms with Crippen LogP contribution < -0.4 is 15.2 Å². The lowest BCUT2D eigenvalue weighted by atomic mass is 9.99. The molecule has 0 radical (unpaired) electrons. The molecule has 0 saturated carbocycles. The van der Waals surface area contributed by atoms with Crippen molar-refractivity contribution >= 4 is 15.7 Å². The summed E-state index contributed by atoms with van der Waals surface area (Å²) < 4.78 is 30.9. The molecule has 2 heterocycles. The van der Waals surface area contributed by atoms with Gasteiger partial charge in [0.1, 0.15) is 5.75 Å². The number of benzene rings is 1. The molecule has 6 nitrogen and oxygen atoms in total. The predicted octanol–water partition coefficient (Wildman–Crippen LogP) is 0.730. The van der Waals surface area contributed by atoms with Crippen molar-refractivity contribution in [2.24, 2.45) is 11.7 Å². The largest absolute Gasteiger partial charge is 0.474 e. The summed E-state index contributed by atoms with van der Waals surface area (Å²) in [5, 5.41) is 0. The van der Waals surface area contributed by atoms with Crippen LogP contribution in [0.3, 0.4) is 0 Å². The van der Waals surface area contributed by atoms with Crippen LogP contribution in [0.15, 0.2) is 18.2 Å². The summed E-state index contributed by atoms with van der Waals surface area (Å²) in [6.45, 7) is 1.65. The number of nitrogens with zero attached hydrogens (tertiary/aromatic N) is 1. The van der Waals surface area contributed by atoms with Gasteiger partial charge in [0.2, 0.25) is 5.94 Å². The van der Waals surface area contributed by atoms with E-state index in [4.69, 9.17) is 10.5 Å². The van der Waals surface area contributed by atoms with Crippen molar-refractivity contribution in [3.05, 3.63) is 23.8 Å². The summed E-state index contributed by atoms with van der Waals surface area (Å²) in [5.74, 6) is 0.756. The Morgan fingerprint density at radius 3 is 3.00 bits per heavy atom. The van der Waals surface area contributed by atoms with Gasteiger partial charge in [-0.2, -0.15) is 0 Å². The van der Waals surface area contributed by atoms with Crippen LogP contribution in [0.4, 0.5) is 5.69 Å². The molecule has 0 aliphatic carbocycles. The molecular formula is C13H19N3O3S. The third-order valence-corrected chi connectivity index (χ3v) is 4.95. The van der Waals surface area contributed by atoms with Gasteiger partial charge in [0.15, 0.2) is 0 Å². The molecule has 3 N–H and O–H groups in total. The van der Waals surface area contributed by atoms with Crippen LogP contribution in [0.5, 0.6) is 5.75 Å². The number of rotatable bonds is 2. The average molecular weight is 297 g/mol. The number of ether oxygens (including phenoxy) is 1. The van der Waals surface area contributed by atoms with Crippen molar-refractivity contribution in [2.75, 3.05) is 30.8 Å². The Balaban J connectivity index is 1.89. The lowest BCUT2D eigenvalue weighted by molar-refractivity contribution is 0.313. The van der Waals surface area contributed by atoms with Gasteiger partial charge in [0.25, 0.3) is 10.0 Å². The molecule has 3 rings (SSSR count). The molecule has 2 aliphatic heterocycles. The summed E-state index contributed by atoms with van der Waals surface area (Å²) in [7, 11) is -1.30. The van der Waals surface area contributed by atoms with E-state index in [2.05, 4.69) is 16.7 Å². The summed E-state index contributed by atoms with van der Waals surface area (Å²) in [6.07, 6.45) is 0.999. The van der Waals surface area contributed by atoms with Crippen LogP contribution >= 0.6 is 0 Å². The monoisotopic (exact) mass is 297 g/mol. The van der Waals surface area contributed by atoms with Crippen molar-refractivity contribution < 1.29 is 13.2 Å². The molecular weight excluding hydrogens is 278 g/mol. The molecule has 0 spiro atoms. The Morgan fingerprint density at radius 2 is 2.30 bits per heavy atom. The van der Waals surface area contributed by atoms with Crippen LogP contribution in [0, 0.1) is 5.92 Å². The molecule has 1 saturated heterocycles. The maximum Gasteiger partial charge on any atom is 0.268 e. The van der Waals surface area contributed by atoms with E-state index in [-0.39, 0.29) is 12.0 Å². The van der Waals surface area contributed by atoms with Crippen LogP contribution in [0.2, 0.25) is 0 Å². The lowest BCUT2D eigenvalue weighted by Crippen LogP contribution is -2.26. The summed E-state index contributed by atoms with van der Waals surface area (Å²) in [4.78, 5) is 2.26. The quantitative estimate of drug-likeness (QED) is 0.840. The Bertz CT molecular complexity index is 617. The van der Waals surface area contributed by atoms with E-state index < -0.39 is 10.0 Å². The highest BCUT2D eigenvalue weighted by molar-refractivity contribution is 7.92. The van der Waals surface area contributed by atoms with Crippen molar-refractivity contribution in [2.45, 2.75) is 12.5 Å². The SMILES string of the molecule is CN1CC(CN)CC1c1ccc2c(c1)NS(=O)(=O)CO2. The van der Waals surface area contributed by atoms with Gasteiger partial charge in [-0.25, -0.2) is 8.42 Å². The molecule has 2 unspecified atom stereocenters. The average Bonchev–Trinajstić information content (AvgIpc) is 2.78. The highest BCUT2D eigenvalue weighted by atomic mass is 32.2. The Kier molecular flexibility index (Phi) is 3.35. The highest BCUT2D eigenvalue weighted by Crippen LogP contribution is 2.38. The third kappa shape index (κ3) is 2.48. The van der Waals surface area contributed by atoms with Crippen molar-refractivity contribution in [3.63, 3.8) is 0 Å². The number of anilines is 1. The molecule has 7 heteroatoms. The van der Waals surface area contributed by atoms with Crippen molar-refractivity contribution in [1.29, 1.82) is 0 Å². The Morgan fingerprint density at radius 1 is 1.50 bits per heavy atom. The number of sulfonamides is 1. The van der Waals surface area contributed by atoms with E-state index in [1.54, 1.807) is 0 Å². The zero-order valence-corrected chi connectivity index (χ0v) is 12.2. The number of hydrogen-bond acceptors (Lipinski definition) is 5. The minimum atomic E-state index is -3.37. The van der Waals surface area contributed by atoms with Gasteiger partial charge in [-0.15, -0.1) is 0 Å². The van der Waals surface area contributed by atoms with Crippen LogP contribution in [0.1, 0.15) is 18.0 Å². The van der Waals surface area contributed by atoms with Gasteiger partial charge in [0, 0.05) is 12.6 Å². The summed E-state index contributed by atoms with van der Waals surface area (Å²) >= 11 is 0. The first-order valence-corrected chi connectivity index (χ1v) is 8.31. The second kappa shape index (κ2) is 4.91. The second-order valence-electron chi connectivity index (χ2n) is 5.53. The van der Waals surface area contributed by atoms with Crippen LogP contribution in [-0.2, 0) is 10.0 Å². The van der Waals surface area contributed by atoms with E-state index in [9.17, 15) is 8.42 Å². The van der Waals surface area contributed by atoms with Gasteiger partial charge in [-0.05, 0) is 43.6 Å². The molecule has 0 aromatic heterocycles. The third-order valence-electron chi connectivity index (χ3n) is 3.99. The van der Waals surface area contributed by atoms with E-state index in [0.29, 0.717) is 23.9 Å². The van der Waals surface area contributed by atoms with Gasteiger partial charge in [-0.1, -0.05) is 6.07 Å². The van der Waals surface area contributed by atoms with Gasteiger partial charge in [0.05, 0.1) is 5.69 Å². The molecule has 20 heavy (non-hydrogen) atoms. The maximum absolute atomic E-state index is 11.5. The predicted molar refractivity (Wildman–Crippen MR) is 77.0 cm³/mol. The van der Waals surface area contributed by atoms with Crippen LogP contribution in [0.25, 0.3) is 0 Å². The summed E-state index contributed by atoms with van der Waals surface area (Å²) in [5.41, 5.74) is 7.36. The Labute approximate surface area is 118 Å². The normalized spacial score (nSPS) is 28.5. The molecule has 110 valence electrons. The molecule has 1 fully saturated rings. The van der Waals surface area contributed by atoms with E-state index in [0.717, 1.165) is 18.5 Å². The first kappa shape index (κ1) is 13.7. The molecule has 1 aromatic carbocycles. The fourth-order valence-corrected chi connectivity index (χ4v) is 3.80. The molecule has 2 atom stereocenters. The van der Waals surface area contributed by atoms with E-state index >= 15 is 0 Å². The Hall–Kier alpha value is -1.31. The van der Waals surface area contributed by atoms with Gasteiger partial charge >= 0.3 is 0 Å². The molecule has 0 amide bonds. The van der Waals surface area contributed by atoms with Crippen molar-refractivity contribution in [3.8, 4) is 5.75 Å². The fourth-order valence-electron chi connectivity index (χ4n) is 2.96. The van der Waals surface area contributed by atoms with Crippen LogP contribution in [-0.4, -0.2) is 39.4 Å². The molecule has 2 aliphatic rings. The van der Waals surface area contributed by atoms with E-state index in [1.165, 1.54) is 0 Å². The lowest BCUT2D eigenvalue weighted by Gasteiger charge is -2.23. The number of hydrogen-bond donors (Lipinski definition) is 2. The number of likely N-dealkylation sites (tertiary alicyclic amines) is 1. The molecule has 1 aromatic rings. The first-order valence-electron chi connectivity index (χ1n) is 6.66. The standard InChI is InChI=1S/C13H19N3O3S/c1-16-7-9(6-14)4-12(16)10-2-3-13-11(5-10)15-20(17,18)8-19-13/h2-3,5,9,12,15H,4,6-8,14H2,1H3. The molecule has 0 bridgehead atoms. The minimum absolute atomic E-state index is 0.278. The fraction of sp³-hybridized carbons (Fsp3) is 0.538. The maximum atomic E-state index is 11.5. The first-order chi connectivity index (χ1) is 9.48. The van der Waals surface area contributed by atoms with E-state index in [1.807, 2.05) is 18.2 Å². The zero-order valence-electron chi connectivity index (χ0n) is 11.4. The summed E-state index contributed by atoms with van der Waals surface area (Å²) in [6, 6.07) is 5.97. The highest BCUT2D eigenvalue weighted by Gasteiger charge is 2.31. The second-order valence-corrected chi connectivity index (χ2v) is 7.20. The van der Waals surface area contributed by atoms with Gasteiger partial charge < -0.3 is 10.5 Å². The zero-order chi connectivity index (χ0) is 14.3. The number of fused-ring (bicyclic) bond motifs is 1. The van der Waals surface area contributed by atoms with Crippen molar-refractivity contribution in [1.82, 2.24) is 4.90 Å². The number of nitrogens with one attached hydrogen (secondary N) is 1. The topological polar surface area (TPSA) is 84.7 Å². The van der Waals surface area contributed by atoms with Gasteiger partial charge in [-0.3, -0.25) is 9.62 Å².